The van der Waals surface area contributed by atoms with E-state index in [1.807, 2.05) is 0 Å². The van der Waals surface area contributed by atoms with Gasteiger partial charge in [-0.05, 0) is 38.0 Å². The Kier molecular flexibility index (Phi) is 5.34. The van der Waals surface area contributed by atoms with Gasteiger partial charge in [0.15, 0.2) is 11.4 Å². The Morgan fingerprint density at radius 3 is 2.93 bits per heavy atom. The lowest BCUT2D eigenvalue weighted by atomic mass is 9.77. The van der Waals surface area contributed by atoms with Crippen molar-refractivity contribution in [1.82, 2.24) is 9.80 Å². The van der Waals surface area contributed by atoms with Crippen LogP contribution in [0.5, 0.6) is 0 Å². The van der Waals surface area contributed by atoms with Crippen molar-refractivity contribution in [2.45, 2.75) is 31.4 Å². The summed E-state index contributed by atoms with van der Waals surface area (Å²) in [5.41, 5.74) is -0.944. The van der Waals surface area contributed by atoms with E-state index in [0.29, 0.717) is 19.4 Å². The summed E-state index contributed by atoms with van der Waals surface area (Å²) in [6, 6.07) is 2.23. The molecule has 0 saturated carbocycles. The molecule has 0 bridgehead atoms. The second kappa shape index (κ2) is 7.43. The van der Waals surface area contributed by atoms with Crippen molar-refractivity contribution in [1.29, 1.82) is 0 Å². The first-order valence-corrected chi connectivity index (χ1v) is 9.24. The molecule has 1 spiro atoms. The lowest BCUT2D eigenvalue weighted by Crippen LogP contribution is -2.60. The lowest BCUT2D eigenvalue weighted by Gasteiger charge is -2.50. The molecule has 1 aromatic carbocycles. The van der Waals surface area contributed by atoms with Crippen LogP contribution in [0.3, 0.4) is 0 Å². The highest BCUT2D eigenvalue weighted by molar-refractivity contribution is 6.31. The summed E-state index contributed by atoms with van der Waals surface area (Å²) in [6.07, 6.45) is 1.25. The van der Waals surface area contributed by atoms with E-state index in [9.17, 15) is 18.8 Å². The van der Waals surface area contributed by atoms with E-state index in [-0.39, 0.29) is 34.6 Å². The fraction of sp³-hybridized carbons (Fsp3) is 0.421. The lowest BCUT2D eigenvalue weighted by molar-refractivity contribution is -0.150. The zero-order valence-electron chi connectivity index (χ0n) is 15.6. The number of benzene rings is 1. The molecule has 2 aliphatic rings. The van der Waals surface area contributed by atoms with E-state index < -0.39 is 23.6 Å². The largest absolute Gasteiger partial charge is 0.435 e. The van der Waals surface area contributed by atoms with Crippen LogP contribution in [0.2, 0.25) is 5.02 Å². The molecule has 28 heavy (non-hydrogen) atoms. The third-order valence-electron chi connectivity index (χ3n) is 5.36. The number of nitrogens with one attached hydrogen (secondary N) is 1. The number of fused-ring (bicyclic) bond motifs is 2. The van der Waals surface area contributed by atoms with Gasteiger partial charge in [0.2, 0.25) is 11.8 Å². The Balaban J connectivity index is 1.98. The van der Waals surface area contributed by atoms with Gasteiger partial charge in [-0.2, -0.15) is 0 Å². The highest BCUT2D eigenvalue weighted by atomic mass is 35.5. The van der Waals surface area contributed by atoms with Crippen molar-refractivity contribution in [2.24, 2.45) is 0 Å². The topological polar surface area (TPSA) is 79.0 Å². The first-order valence-electron chi connectivity index (χ1n) is 8.86. The molecule has 0 radical (unpaired) electrons. The SMILES string of the molecule is C=CC(=O)N(C)CC(=O)N1CCCC2(OC(=O)Nc3ccc(Cl)c(F)c32)C1C. The van der Waals surface area contributed by atoms with Crippen LogP contribution in [-0.4, -0.2) is 53.9 Å². The van der Waals surface area contributed by atoms with Crippen LogP contribution >= 0.6 is 11.6 Å². The van der Waals surface area contributed by atoms with Crippen LogP contribution in [0.25, 0.3) is 0 Å². The molecule has 1 saturated heterocycles. The molecule has 3 amide bonds. The zero-order valence-corrected chi connectivity index (χ0v) is 16.4. The average Bonchev–Trinajstić information content (AvgIpc) is 2.65. The van der Waals surface area contributed by atoms with Crippen molar-refractivity contribution in [3.05, 3.63) is 41.2 Å². The van der Waals surface area contributed by atoms with Gasteiger partial charge in [0.05, 0.1) is 28.9 Å². The van der Waals surface area contributed by atoms with E-state index in [1.54, 1.807) is 6.92 Å². The van der Waals surface area contributed by atoms with E-state index in [0.717, 1.165) is 6.08 Å². The number of carbonyl (C=O) groups excluding carboxylic acids is 3. The predicted molar refractivity (Wildman–Crippen MR) is 101 cm³/mol. The second-order valence-corrected chi connectivity index (χ2v) is 7.36. The predicted octanol–water partition coefficient (Wildman–Crippen LogP) is 2.89. The van der Waals surface area contributed by atoms with Crippen molar-refractivity contribution < 1.29 is 23.5 Å². The minimum Gasteiger partial charge on any atom is -0.435 e. The summed E-state index contributed by atoms with van der Waals surface area (Å²) in [6.45, 7) is 5.34. The second-order valence-electron chi connectivity index (χ2n) is 6.95. The minimum absolute atomic E-state index is 0.0927. The quantitative estimate of drug-likeness (QED) is 0.778. The number of ether oxygens (including phenoxy) is 1. The fourth-order valence-electron chi connectivity index (χ4n) is 3.93. The normalized spacial score (nSPS) is 23.5. The van der Waals surface area contributed by atoms with Gasteiger partial charge >= 0.3 is 6.09 Å². The summed E-state index contributed by atoms with van der Waals surface area (Å²) in [7, 11) is 1.49. The van der Waals surface area contributed by atoms with E-state index >= 15 is 0 Å². The molecule has 150 valence electrons. The number of rotatable bonds is 3. The summed E-state index contributed by atoms with van der Waals surface area (Å²) in [4.78, 5) is 39.4. The number of piperidine rings is 1. The van der Waals surface area contributed by atoms with E-state index in [1.165, 1.54) is 29.0 Å². The molecular formula is C19H21ClFN3O4. The summed E-state index contributed by atoms with van der Waals surface area (Å²) < 4.78 is 20.6. The number of likely N-dealkylation sites (tertiary alicyclic amines) is 1. The van der Waals surface area contributed by atoms with Gasteiger partial charge in [0, 0.05) is 13.6 Å². The Bertz CT molecular complexity index is 862. The number of amides is 3. The monoisotopic (exact) mass is 409 g/mol. The van der Waals surface area contributed by atoms with Crippen molar-refractivity contribution in [3.63, 3.8) is 0 Å². The van der Waals surface area contributed by atoms with Gasteiger partial charge in [0.25, 0.3) is 0 Å². The van der Waals surface area contributed by atoms with Crippen LogP contribution in [0.4, 0.5) is 14.9 Å². The Morgan fingerprint density at radius 1 is 1.54 bits per heavy atom. The first-order chi connectivity index (χ1) is 13.2. The summed E-state index contributed by atoms with van der Waals surface area (Å²) >= 11 is 5.97. The van der Waals surface area contributed by atoms with Crippen molar-refractivity contribution in [2.75, 3.05) is 25.5 Å². The Labute approximate surface area is 167 Å². The third-order valence-corrected chi connectivity index (χ3v) is 5.65. The minimum atomic E-state index is -1.36. The van der Waals surface area contributed by atoms with Crippen LogP contribution in [-0.2, 0) is 19.9 Å². The number of carbonyl (C=O) groups is 3. The molecule has 2 unspecified atom stereocenters. The van der Waals surface area contributed by atoms with Gasteiger partial charge in [-0.1, -0.05) is 18.2 Å². The molecule has 1 fully saturated rings. The third kappa shape index (κ3) is 3.22. The smallest absolute Gasteiger partial charge is 0.412 e. The number of hydrogen-bond acceptors (Lipinski definition) is 4. The van der Waals surface area contributed by atoms with Crippen molar-refractivity contribution in [3.8, 4) is 0 Å². The van der Waals surface area contributed by atoms with Crippen LogP contribution in [0.1, 0.15) is 25.3 Å². The standard InChI is InChI=1S/C19H21ClFN3O4/c1-4-14(25)23(3)10-15(26)24-9-5-8-19(11(24)2)16-13(22-18(27)28-19)7-6-12(20)17(16)21/h4,6-7,11H,1,5,8-10H2,2-3H3,(H,22,27). The number of anilines is 1. The first kappa shape index (κ1) is 20.1. The maximum atomic E-state index is 15.0. The number of likely N-dealkylation sites (N-methyl/N-ethyl adjacent to an activating group) is 1. The van der Waals surface area contributed by atoms with Gasteiger partial charge in [-0.25, -0.2) is 9.18 Å². The average molecular weight is 410 g/mol. The molecule has 2 heterocycles. The Morgan fingerprint density at radius 2 is 2.25 bits per heavy atom. The zero-order chi connectivity index (χ0) is 20.6. The van der Waals surface area contributed by atoms with Crippen LogP contribution in [0.15, 0.2) is 24.8 Å². The molecule has 2 aliphatic heterocycles. The molecule has 7 nitrogen and oxygen atoms in total. The summed E-state index contributed by atoms with van der Waals surface area (Å²) in [5, 5.41) is 2.40. The fourth-order valence-corrected chi connectivity index (χ4v) is 4.08. The van der Waals surface area contributed by atoms with Gasteiger partial charge < -0.3 is 14.5 Å². The number of hydrogen-bond donors (Lipinski definition) is 1. The van der Waals surface area contributed by atoms with Crippen LogP contribution < -0.4 is 5.32 Å². The van der Waals surface area contributed by atoms with E-state index in [2.05, 4.69) is 11.9 Å². The number of nitrogens with zero attached hydrogens (tertiary/aromatic N) is 2. The molecule has 2 atom stereocenters. The number of halogens is 2. The maximum absolute atomic E-state index is 15.0. The highest BCUT2D eigenvalue weighted by Crippen LogP contribution is 2.48. The van der Waals surface area contributed by atoms with Crippen molar-refractivity contribution >= 4 is 35.2 Å². The maximum Gasteiger partial charge on any atom is 0.412 e. The molecule has 0 aromatic heterocycles. The summed E-state index contributed by atoms with van der Waals surface area (Å²) in [5.74, 6) is -1.40. The molecular weight excluding hydrogens is 389 g/mol. The van der Waals surface area contributed by atoms with E-state index in [4.69, 9.17) is 16.3 Å². The Hall–Kier alpha value is -2.61. The molecule has 0 aliphatic carbocycles. The van der Waals surface area contributed by atoms with Crippen LogP contribution in [0, 0.1) is 5.82 Å². The molecule has 9 heteroatoms. The van der Waals surface area contributed by atoms with Gasteiger partial charge in [-0.3, -0.25) is 14.9 Å². The van der Waals surface area contributed by atoms with Gasteiger partial charge in [-0.15, -0.1) is 0 Å². The molecule has 3 rings (SSSR count). The molecule has 1 N–H and O–H groups in total. The molecule has 1 aromatic rings. The highest BCUT2D eigenvalue weighted by Gasteiger charge is 2.53. The van der Waals surface area contributed by atoms with Gasteiger partial charge in [0.1, 0.15) is 0 Å².